The predicted molar refractivity (Wildman–Crippen MR) is 58.8 cm³/mol. The first-order valence-corrected chi connectivity index (χ1v) is 4.86. The summed E-state index contributed by atoms with van der Waals surface area (Å²) in [5.74, 6) is 0. The maximum atomic E-state index is 4.14. The van der Waals surface area contributed by atoms with Crippen LogP contribution in [0.4, 0.5) is 0 Å². The molecule has 0 radical (unpaired) electrons. The monoisotopic (exact) mass is 210 g/mol. The van der Waals surface area contributed by atoms with Crippen LogP contribution in [0, 0.1) is 0 Å². The second-order valence-electron chi connectivity index (χ2n) is 3.61. The average Bonchev–Trinajstić information content (AvgIpc) is 2.96. The minimum atomic E-state index is 0.857. The average molecular weight is 210 g/mol. The van der Waals surface area contributed by atoms with E-state index in [0.29, 0.717) is 0 Å². The molecule has 2 heterocycles. The van der Waals surface area contributed by atoms with Crippen molar-refractivity contribution in [1.29, 1.82) is 0 Å². The Labute approximate surface area is 88.6 Å². The molecule has 2 aromatic heterocycles. The van der Waals surface area contributed by atoms with Crippen molar-refractivity contribution in [2.24, 2.45) is 0 Å². The van der Waals surface area contributed by atoms with Gasteiger partial charge in [0.15, 0.2) is 0 Å². The first-order chi connectivity index (χ1) is 7.93. The summed E-state index contributed by atoms with van der Waals surface area (Å²) < 4.78 is 0. The Morgan fingerprint density at radius 2 is 1.12 bits per heavy atom. The summed E-state index contributed by atoms with van der Waals surface area (Å²) >= 11 is 0. The molecule has 0 aliphatic heterocycles. The smallest absolute Gasteiger partial charge is 0.120 e. The fraction of sp³-hybridized carbons (Fsp3) is 0. The molecule has 0 saturated heterocycles. The van der Waals surface area contributed by atoms with Crippen LogP contribution in [0.15, 0.2) is 24.3 Å². The second kappa shape index (κ2) is 2.54. The number of fused-ring (bicyclic) bond motifs is 5. The number of H-pyrrole nitrogens is 2. The molecule has 6 nitrogen and oxygen atoms in total. The van der Waals surface area contributed by atoms with Crippen LogP contribution < -0.4 is 0 Å². The Bertz CT molecular complexity index is 742. The Balaban J connectivity index is 2.38. The first kappa shape index (κ1) is 7.75. The van der Waals surface area contributed by atoms with E-state index < -0.39 is 0 Å². The Morgan fingerprint density at radius 1 is 0.625 bits per heavy atom. The van der Waals surface area contributed by atoms with Crippen LogP contribution in [0.3, 0.4) is 0 Å². The highest BCUT2D eigenvalue weighted by atomic mass is 15.3. The lowest BCUT2D eigenvalue weighted by Gasteiger charge is -1.97. The Morgan fingerprint density at radius 3 is 1.62 bits per heavy atom. The van der Waals surface area contributed by atoms with Gasteiger partial charge in [-0.2, -0.15) is 30.8 Å². The van der Waals surface area contributed by atoms with Gasteiger partial charge in [-0.3, -0.25) is 0 Å². The summed E-state index contributed by atoms with van der Waals surface area (Å²) in [7, 11) is 0. The van der Waals surface area contributed by atoms with E-state index in [-0.39, 0.29) is 0 Å². The van der Waals surface area contributed by atoms with Gasteiger partial charge < -0.3 is 0 Å². The molecule has 76 valence electrons. The first-order valence-electron chi connectivity index (χ1n) is 4.86. The zero-order valence-electron chi connectivity index (χ0n) is 8.10. The van der Waals surface area contributed by atoms with Crippen molar-refractivity contribution in [1.82, 2.24) is 30.8 Å². The largest absolute Gasteiger partial charge is 0.197 e. The van der Waals surface area contributed by atoms with E-state index >= 15 is 0 Å². The lowest BCUT2D eigenvalue weighted by Crippen LogP contribution is -1.78. The van der Waals surface area contributed by atoms with Crippen LogP contribution in [0.5, 0.6) is 0 Å². The number of hydrogen-bond donors (Lipinski definition) is 2. The molecule has 0 spiro atoms. The summed E-state index contributed by atoms with van der Waals surface area (Å²) in [6, 6.07) is 7.83. The molecule has 6 heteroatoms. The van der Waals surface area contributed by atoms with Gasteiger partial charge in [0.05, 0.1) is 0 Å². The van der Waals surface area contributed by atoms with Crippen molar-refractivity contribution in [3.05, 3.63) is 24.3 Å². The van der Waals surface area contributed by atoms with Crippen LogP contribution in [0.2, 0.25) is 0 Å². The van der Waals surface area contributed by atoms with Crippen LogP contribution in [-0.2, 0) is 0 Å². The molecule has 0 aliphatic carbocycles. The Hall–Kier alpha value is -2.50. The summed E-state index contributed by atoms with van der Waals surface area (Å²) in [6.07, 6.45) is 0. The van der Waals surface area contributed by atoms with Gasteiger partial charge in [-0.15, -0.1) is 0 Å². The van der Waals surface area contributed by atoms with Gasteiger partial charge in [-0.25, -0.2) is 0 Å². The third-order valence-corrected chi connectivity index (χ3v) is 2.77. The van der Waals surface area contributed by atoms with Crippen LogP contribution in [0.25, 0.3) is 32.8 Å². The molecule has 16 heavy (non-hydrogen) atoms. The van der Waals surface area contributed by atoms with E-state index in [1.54, 1.807) is 0 Å². The van der Waals surface area contributed by atoms with E-state index in [4.69, 9.17) is 0 Å². The fourth-order valence-corrected chi connectivity index (χ4v) is 2.02. The number of nitrogens with one attached hydrogen (secondary N) is 2. The number of hydrogen-bond acceptors (Lipinski definition) is 4. The van der Waals surface area contributed by atoms with Gasteiger partial charge in [0, 0.05) is 10.8 Å². The van der Waals surface area contributed by atoms with Crippen LogP contribution in [0.1, 0.15) is 0 Å². The maximum Gasteiger partial charge on any atom is 0.120 e. The predicted octanol–water partition coefficient (Wildman–Crippen LogP) is 1.38. The highest BCUT2D eigenvalue weighted by molar-refractivity contribution is 6.13. The summed E-state index contributed by atoms with van der Waals surface area (Å²) in [6.45, 7) is 0. The minimum Gasteiger partial charge on any atom is -0.197 e. The zero-order chi connectivity index (χ0) is 10.5. The molecule has 4 aromatic rings. The molecule has 0 saturated carbocycles. The van der Waals surface area contributed by atoms with E-state index in [1.807, 2.05) is 24.3 Å². The number of nitrogens with zero attached hydrogens (tertiary/aromatic N) is 4. The van der Waals surface area contributed by atoms with Gasteiger partial charge >= 0.3 is 0 Å². The van der Waals surface area contributed by atoms with E-state index in [9.17, 15) is 0 Å². The van der Waals surface area contributed by atoms with Gasteiger partial charge in [0.1, 0.15) is 22.1 Å². The molecular formula is C10H6N6. The molecule has 2 aromatic carbocycles. The lowest BCUT2D eigenvalue weighted by atomic mass is 10.1. The van der Waals surface area contributed by atoms with Gasteiger partial charge in [0.25, 0.3) is 0 Å². The van der Waals surface area contributed by atoms with Crippen molar-refractivity contribution in [3.63, 3.8) is 0 Å². The quantitative estimate of drug-likeness (QED) is 0.459. The molecule has 0 unspecified atom stereocenters. The standard InChI is InChI=1S/C10H6N6/c1-3-7-10(14-15-11-7)6-2-4-8-9(5(1)6)13-16-12-8/h1-4H,(H,11,14,15)(H,12,13,16). The maximum absolute atomic E-state index is 4.14. The van der Waals surface area contributed by atoms with Crippen molar-refractivity contribution >= 4 is 32.8 Å². The summed E-state index contributed by atoms with van der Waals surface area (Å²) in [5.41, 5.74) is 3.44. The van der Waals surface area contributed by atoms with Gasteiger partial charge in [-0.1, -0.05) is 0 Å². The van der Waals surface area contributed by atoms with E-state index in [2.05, 4.69) is 30.8 Å². The molecule has 0 aliphatic rings. The number of benzene rings is 2. The molecule has 0 amide bonds. The van der Waals surface area contributed by atoms with E-state index in [0.717, 1.165) is 32.8 Å². The van der Waals surface area contributed by atoms with Crippen LogP contribution in [-0.4, -0.2) is 30.8 Å². The van der Waals surface area contributed by atoms with Gasteiger partial charge in [0.2, 0.25) is 0 Å². The van der Waals surface area contributed by atoms with Gasteiger partial charge in [-0.05, 0) is 24.3 Å². The molecule has 0 atom stereocenters. The molecule has 0 fully saturated rings. The third kappa shape index (κ3) is 0.813. The minimum absolute atomic E-state index is 0.857. The second-order valence-corrected chi connectivity index (χ2v) is 3.61. The topological polar surface area (TPSA) is 83.1 Å². The van der Waals surface area contributed by atoms with Crippen molar-refractivity contribution in [2.75, 3.05) is 0 Å². The summed E-state index contributed by atoms with van der Waals surface area (Å²) in [5, 5.41) is 23.7. The zero-order valence-corrected chi connectivity index (χ0v) is 8.10. The fourth-order valence-electron chi connectivity index (χ4n) is 2.02. The van der Waals surface area contributed by atoms with Crippen molar-refractivity contribution < 1.29 is 0 Å². The third-order valence-electron chi connectivity index (χ3n) is 2.77. The molecule has 2 N–H and O–H groups in total. The van der Waals surface area contributed by atoms with Crippen molar-refractivity contribution in [3.8, 4) is 0 Å². The highest BCUT2D eigenvalue weighted by Gasteiger charge is 2.08. The number of aromatic nitrogens is 6. The molecular weight excluding hydrogens is 204 g/mol. The highest BCUT2D eigenvalue weighted by Crippen LogP contribution is 2.26. The number of rotatable bonds is 0. The van der Waals surface area contributed by atoms with Crippen LogP contribution >= 0.6 is 0 Å². The SMILES string of the molecule is c1cc2c(ccc3n[nH]nc32)c2n[nH]nc12. The Kier molecular flexibility index (Phi) is 1.23. The molecule has 0 bridgehead atoms. The normalized spacial score (nSPS) is 11.8. The lowest BCUT2D eigenvalue weighted by molar-refractivity contribution is 0.960. The number of aromatic amines is 2. The summed E-state index contributed by atoms with van der Waals surface area (Å²) in [4.78, 5) is 0. The van der Waals surface area contributed by atoms with E-state index in [1.165, 1.54) is 0 Å². The molecule has 4 rings (SSSR count). The van der Waals surface area contributed by atoms with Crippen molar-refractivity contribution in [2.45, 2.75) is 0 Å².